The molecule has 3 rings (SSSR count). The van der Waals surface area contributed by atoms with Gasteiger partial charge in [-0.05, 0) is 61.1 Å². The van der Waals surface area contributed by atoms with Gasteiger partial charge in [0.05, 0.1) is 0 Å². The molecule has 0 fully saturated rings. The maximum Gasteiger partial charge on any atom is 0.251 e. The maximum absolute atomic E-state index is 12.3. The van der Waals surface area contributed by atoms with E-state index in [9.17, 15) is 4.79 Å². The van der Waals surface area contributed by atoms with E-state index in [0.717, 1.165) is 25.7 Å². The monoisotopic (exact) mass is 299 g/mol. The summed E-state index contributed by atoms with van der Waals surface area (Å²) in [7, 11) is 0. The fourth-order valence-electron chi connectivity index (χ4n) is 2.90. The molecular weight excluding hydrogens is 282 g/mol. The summed E-state index contributed by atoms with van der Waals surface area (Å²) >= 11 is 5.85. The van der Waals surface area contributed by atoms with Crippen molar-refractivity contribution in [1.82, 2.24) is 5.32 Å². The molecule has 0 bridgehead atoms. The molecule has 1 N–H and O–H groups in total. The standard InChI is InChI=1S/C18H18ClNO/c19-16-10-8-14(9-11-16)18(21)20-17-7-3-6-13-4-1-2-5-15(13)12-17/h1-2,4-5,8-11,17H,3,6-7,12H2,(H,20,21). The van der Waals surface area contributed by atoms with E-state index < -0.39 is 0 Å². The van der Waals surface area contributed by atoms with Crippen LogP contribution in [0.2, 0.25) is 5.02 Å². The molecule has 1 atom stereocenters. The van der Waals surface area contributed by atoms with Crippen molar-refractivity contribution < 1.29 is 4.79 Å². The number of hydrogen-bond donors (Lipinski definition) is 1. The Morgan fingerprint density at radius 3 is 2.52 bits per heavy atom. The van der Waals surface area contributed by atoms with Crippen LogP contribution in [0.1, 0.15) is 34.3 Å². The predicted octanol–water partition coefficient (Wildman–Crippen LogP) is 4.02. The summed E-state index contributed by atoms with van der Waals surface area (Å²) in [4.78, 5) is 12.3. The van der Waals surface area contributed by atoms with E-state index in [1.807, 2.05) is 0 Å². The van der Waals surface area contributed by atoms with Gasteiger partial charge in [0, 0.05) is 16.6 Å². The minimum absolute atomic E-state index is 0.0175. The Morgan fingerprint density at radius 2 is 1.76 bits per heavy atom. The first kappa shape index (κ1) is 14.2. The summed E-state index contributed by atoms with van der Waals surface area (Å²) in [6.45, 7) is 0. The summed E-state index contributed by atoms with van der Waals surface area (Å²) < 4.78 is 0. The van der Waals surface area contributed by atoms with Crippen LogP contribution in [0.25, 0.3) is 0 Å². The van der Waals surface area contributed by atoms with Crippen LogP contribution >= 0.6 is 11.6 Å². The number of aryl methyl sites for hydroxylation is 1. The molecule has 0 aliphatic heterocycles. The molecule has 2 aromatic carbocycles. The molecule has 2 aromatic rings. The highest BCUT2D eigenvalue weighted by Gasteiger charge is 2.18. The molecule has 1 aliphatic rings. The van der Waals surface area contributed by atoms with E-state index in [1.165, 1.54) is 11.1 Å². The third kappa shape index (κ3) is 3.45. The SMILES string of the molecule is O=C(NC1CCCc2ccccc2C1)c1ccc(Cl)cc1. The van der Waals surface area contributed by atoms with E-state index >= 15 is 0 Å². The molecule has 108 valence electrons. The number of carbonyl (C=O) groups excluding carboxylic acids is 1. The van der Waals surface area contributed by atoms with Crippen LogP contribution in [-0.2, 0) is 12.8 Å². The number of benzene rings is 2. The highest BCUT2D eigenvalue weighted by Crippen LogP contribution is 2.21. The highest BCUT2D eigenvalue weighted by atomic mass is 35.5. The third-order valence-corrected chi connectivity index (χ3v) is 4.28. The summed E-state index contributed by atoms with van der Waals surface area (Å²) in [5, 5.41) is 3.80. The smallest absolute Gasteiger partial charge is 0.251 e. The lowest BCUT2D eigenvalue weighted by Gasteiger charge is -2.17. The molecule has 0 heterocycles. The van der Waals surface area contributed by atoms with Gasteiger partial charge in [-0.1, -0.05) is 35.9 Å². The summed E-state index contributed by atoms with van der Waals surface area (Å²) in [6.07, 6.45) is 4.15. The third-order valence-electron chi connectivity index (χ3n) is 4.03. The van der Waals surface area contributed by atoms with Crippen LogP contribution in [-0.4, -0.2) is 11.9 Å². The second-order valence-corrected chi connectivity index (χ2v) is 5.98. The molecule has 0 aromatic heterocycles. The van der Waals surface area contributed by atoms with Crippen LogP contribution in [0.4, 0.5) is 0 Å². The first-order valence-corrected chi connectivity index (χ1v) is 7.73. The van der Waals surface area contributed by atoms with Crippen molar-refractivity contribution in [3.8, 4) is 0 Å². The Labute approximate surface area is 130 Å². The van der Waals surface area contributed by atoms with Gasteiger partial charge in [-0.15, -0.1) is 0 Å². The van der Waals surface area contributed by atoms with Gasteiger partial charge in [-0.25, -0.2) is 0 Å². The molecule has 0 saturated carbocycles. The van der Waals surface area contributed by atoms with E-state index in [1.54, 1.807) is 24.3 Å². The Balaban J connectivity index is 1.70. The molecule has 0 saturated heterocycles. The van der Waals surface area contributed by atoms with Gasteiger partial charge in [0.1, 0.15) is 0 Å². The second kappa shape index (κ2) is 6.31. The largest absolute Gasteiger partial charge is 0.349 e. The summed E-state index contributed by atoms with van der Waals surface area (Å²) in [5.74, 6) is -0.0175. The fourth-order valence-corrected chi connectivity index (χ4v) is 3.03. The number of rotatable bonds is 2. The molecule has 1 amide bonds. The molecule has 3 heteroatoms. The number of nitrogens with one attached hydrogen (secondary N) is 1. The van der Waals surface area contributed by atoms with E-state index in [2.05, 4.69) is 29.6 Å². The average molecular weight is 300 g/mol. The predicted molar refractivity (Wildman–Crippen MR) is 85.8 cm³/mol. The second-order valence-electron chi connectivity index (χ2n) is 5.54. The zero-order valence-electron chi connectivity index (χ0n) is 11.8. The molecule has 0 spiro atoms. The molecule has 2 nitrogen and oxygen atoms in total. The number of amides is 1. The van der Waals surface area contributed by atoms with E-state index in [4.69, 9.17) is 11.6 Å². The lowest BCUT2D eigenvalue weighted by Crippen LogP contribution is -2.36. The average Bonchev–Trinajstić information content (AvgIpc) is 2.69. The van der Waals surface area contributed by atoms with Gasteiger partial charge in [0.2, 0.25) is 0 Å². The summed E-state index contributed by atoms with van der Waals surface area (Å²) in [6, 6.07) is 15.8. The van der Waals surface area contributed by atoms with Crippen LogP contribution in [0.5, 0.6) is 0 Å². The van der Waals surface area contributed by atoms with Crippen molar-refractivity contribution >= 4 is 17.5 Å². The maximum atomic E-state index is 12.3. The van der Waals surface area contributed by atoms with Crippen molar-refractivity contribution in [2.24, 2.45) is 0 Å². The zero-order valence-corrected chi connectivity index (χ0v) is 12.6. The fraction of sp³-hybridized carbons (Fsp3) is 0.278. The number of hydrogen-bond acceptors (Lipinski definition) is 1. The Kier molecular flexibility index (Phi) is 4.26. The molecular formula is C18H18ClNO. The van der Waals surface area contributed by atoms with Crippen LogP contribution in [0.15, 0.2) is 48.5 Å². The quantitative estimate of drug-likeness (QED) is 0.834. The topological polar surface area (TPSA) is 29.1 Å². The minimum atomic E-state index is -0.0175. The minimum Gasteiger partial charge on any atom is -0.349 e. The van der Waals surface area contributed by atoms with Gasteiger partial charge < -0.3 is 5.32 Å². The Bertz CT molecular complexity index is 636. The normalized spacial score (nSPS) is 17.7. The van der Waals surface area contributed by atoms with Gasteiger partial charge in [-0.2, -0.15) is 0 Å². The van der Waals surface area contributed by atoms with Gasteiger partial charge in [-0.3, -0.25) is 4.79 Å². The molecule has 1 aliphatic carbocycles. The van der Waals surface area contributed by atoms with Crippen molar-refractivity contribution in [2.75, 3.05) is 0 Å². The van der Waals surface area contributed by atoms with Gasteiger partial charge in [0.15, 0.2) is 0 Å². The van der Waals surface area contributed by atoms with Crippen molar-refractivity contribution in [3.63, 3.8) is 0 Å². The lowest BCUT2D eigenvalue weighted by molar-refractivity contribution is 0.0935. The summed E-state index contributed by atoms with van der Waals surface area (Å²) in [5.41, 5.74) is 3.44. The molecule has 21 heavy (non-hydrogen) atoms. The van der Waals surface area contributed by atoms with Gasteiger partial charge in [0.25, 0.3) is 5.91 Å². The van der Waals surface area contributed by atoms with E-state index in [0.29, 0.717) is 10.6 Å². The van der Waals surface area contributed by atoms with Crippen LogP contribution in [0, 0.1) is 0 Å². The van der Waals surface area contributed by atoms with Crippen molar-refractivity contribution in [3.05, 3.63) is 70.2 Å². The first-order valence-electron chi connectivity index (χ1n) is 7.35. The zero-order chi connectivity index (χ0) is 14.7. The lowest BCUT2D eigenvalue weighted by atomic mass is 10.0. The van der Waals surface area contributed by atoms with Gasteiger partial charge >= 0.3 is 0 Å². The molecule has 0 radical (unpaired) electrons. The first-order chi connectivity index (χ1) is 10.2. The highest BCUT2D eigenvalue weighted by molar-refractivity contribution is 6.30. The molecule has 1 unspecified atom stereocenters. The Morgan fingerprint density at radius 1 is 1.05 bits per heavy atom. The Hall–Kier alpha value is -1.80. The van der Waals surface area contributed by atoms with Crippen molar-refractivity contribution in [1.29, 1.82) is 0 Å². The number of halogens is 1. The number of fused-ring (bicyclic) bond motifs is 1. The van der Waals surface area contributed by atoms with Crippen molar-refractivity contribution in [2.45, 2.75) is 31.7 Å². The van der Waals surface area contributed by atoms with E-state index in [-0.39, 0.29) is 11.9 Å². The van der Waals surface area contributed by atoms with Crippen LogP contribution in [0.3, 0.4) is 0 Å². The van der Waals surface area contributed by atoms with Crippen LogP contribution < -0.4 is 5.32 Å². The number of carbonyl (C=O) groups is 1.